The summed E-state index contributed by atoms with van der Waals surface area (Å²) in [5, 5.41) is 7.56. The van der Waals surface area contributed by atoms with Crippen LogP contribution in [0.3, 0.4) is 0 Å². The minimum absolute atomic E-state index is 0.301. The van der Waals surface area contributed by atoms with Crippen LogP contribution >= 0.6 is 0 Å². The zero-order valence-electron chi connectivity index (χ0n) is 13.2. The van der Waals surface area contributed by atoms with Gasteiger partial charge in [0.05, 0.1) is 0 Å². The molecule has 1 aromatic heterocycles. The number of nitrogen functional groups attached to an aromatic ring is 1. The summed E-state index contributed by atoms with van der Waals surface area (Å²) < 4.78 is 0. The quantitative estimate of drug-likeness (QED) is 0.842. The molecule has 2 aromatic rings. The van der Waals surface area contributed by atoms with E-state index in [4.69, 9.17) is 5.73 Å². The van der Waals surface area contributed by atoms with Crippen molar-refractivity contribution in [3.05, 3.63) is 35.5 Å². The maximum atomic E-state index is 6.18. The first-order valence-electron chi connectivity index (χ1n) is 7.90. The number of hydrogen-bond donors (Lipinski definition) is 2. The lowest BCUT2D eigenvalue weighted by molar-refractivity contribution is 0.196. The summed E-state index contributed by atoms with van der Waals surface area (Å²) in [6.07, 6.45) is 5.10. The highest BCUT2D eigenvalue weighted by Crippen LogP contribution is 2.49. The van der Waals surface area contributed by atoms with Crippen LogP contribution < -0.4 is 5.73 Å². The minimum atomic E-state index is 0.301. The highest BCUT2D eigenvalue weighted by molar-refractivity contribution is 5.77. The summed E-state index contributed by atoms with van der Waals surface area (Å²) >= 11 is 0. The molecule has 0 saturated heterocycles. The first-order valence-corrected chi connectivity index (χ1v) is 7.90. The second-order valence-electron chi connectivity index (χ2n) is 7.05. The third-order valence-corrected chi connectivity index (χ3v) is 4.98. The van der Waals surface area contributed by atoms with Crippen molar-refractivity contribution in [3.63, 3.8) is 0 Å². The molecule has 21 heavy (non-hydrogen) atoms. The van der Waals surface area contributed by atoms with Crippen molar-refractivity contribution >= 4 is 5.82 Å². The molecule has 112 valence electrons. The van der Waals surface area contributed by atoms with Gasteiger partial charge in [-0.25, -0.2) is 0 Å². The summed E-state index contributed by atoms with van der Waals surface area (Å²) in [6, 6.07) is 8.53. The number of aromatic nitrogens is 2. The van der Waals surface area contributed by atoms with Gasteiger partial charge in [0.1, 0.15) is 0 Å². The Morgan fingerprint density at radius 1 is 1.29 bits per heavy atom. The van der Waals surface area contributed by atoms with Crippen molar-refractivity contribution in [1.29, 1.82) is 0 Å². The van der Waals surface area contributed by atoms with E-state index in [1.54, 1.807) is 0 Å². The Hall–Kier alpha value is -1.77. The topological polar surface area (TPSA) is 54.7 Å². The number of benzene rings is 1. The van der Waals surface area contributed by atoms with Gasteiger partial charge in [-0.2, -0.15) is 5.10 Å². The number of nitrogens with zero attached hydrogens (tertiary/aromatic N) is 1. The van der Waals surface area contributed by atoms with Crippen LogP contribution in [0, 0.1) is 12.3 Å². The Labute approximate surface area is 127 Å². The first kappa shape index (κ1) is 14.2. The lowest BCUT2D eigenvalue weighted by atomic mass is 9.67. The van der Waals surface area contributed by atoms with E-state index in [1.807, 2.05) is 0 Å². The van der Waals surface area contributed by atoms with Crippen LogP contribution in [0.25, 0.3) is 11.1 Å². The summed E-state index contributed by atoms with van der Waals surface area (Å²) in [7, 11) is 0. The van der Waals surface area contributed by atoms with Crippen molar-refractivity contribution in [2.45, 2.75) is 52.4 Å². The van der Waals surface area contributed by atoms with Gasteiger partial charge in [0.15, 0.2) is 5.82 Å². The molecular weight excluding hydrogens is 258 g/mol. The van der Waals surface area contributed by atoms with Crippen molar-refractivity contribution in [2.24, 2.45) is 5.41 Å². The van der Waals surface area contributed by atoms with E-state index in [0.29, 0.717) is 17.2 Å². The molecule has 1 aromatic carbocycles. The Morgan fingerprint density at radius 2 is 2.10 bits per heavy atom. The fraction of sp³-hybridized carbons (Fsp3) is 0.500. The molecule has 3 heteroatoms. The van der Waals surface area contributed by atoms with Crippen LogP contribution in [0.5, 0.6) is 0 Å². The van der Waals surface area contributed by atoms with Crippen LogP contribution in [-0.2, 0) is 0 Å². The minimum Gasteiger partial charge on any atom is -0.382 e. The zero-order valence-corrected chi connectivity index (χ0v) is 13.2. The van der Waals surface area contributed by atoms with Gasteiger partial charge in [0.2, 0.25) is 0 Å². The highest BCUT2D eigenvalue weighted by atomic mass is 15.2. The molecule has 0 bridgehead atoms. The van der Waals surface area contributed by atoms with Crippen LogP contribution in [0.2, 0.25) is 0 Å². The number of H-pyrrole nitrogens is 1. The lowest BCUT2D eigenvalue weighted by Crippen LogP contribution is -2.26. The first-order chi connectivity index (χ1) is 9.99. The van der Waals surface area contributed by atoms with Gasteiger partial charge in [-0.15, -0.1) is 0 Å². The molecule has 1 saturated carbocycles. The third kappa shape index (κ3) is 2.57. The number of aryl methyl sites for hydroxylation is 1. The van der Waals surface area contributed by atoms with Gasteiger partial charge in [0, 0.05) is 17.2 Å². The molecule has 3 rings (SSSR count). The SMILES string of the molecule is Cc1cccc(-c2c(N)n[nH]c2C2CCCCC2(C)C)c1. The monoisotopic (exact) mass is 283 g/mol. The molecule has 1 aliphatic carbocycles. The molecule has 3 N–H and O–H groups in total. The van der Waals surface area contributed by atoms with Crippen molar-refractivity contribution in [2.75, 3.05) is 5.73 Å². The molecule has 1 unspecified atom stereocenters. The Kier molecular flexibility index (Phi) is 3.52. The number of anilines is 1. The molecular formula is C18H25N3. The fourth-order valence-electron chi connectivity index (χ4n) is 3.76. The van der Waals surface area contributed by atoms with Gasteiger partial charge in [-0.05, 0) is 30.7 Å². The standard InChI is InChI=1S/C18H25N3/c1-12-7-6-8-13(11-12)15-16(20-21-17(15)19)14-9-4-5-10-18(14,2)3/h6-8,11,14H,4-5,9-10H2,1-3H3,(H3,19,20,21). The summed E-state index contributed by atoms with van der Waals surface area (Å²) in [5.74, 6) is 1.13. The molecule has 0 aliphatic heterocycles. The van der Waals surface area contributed by atoms with E-state index in [1.165, 1.54) is 42.5 Å². The molecule has 3 nitrogen and oxygen atoms in total. The largest absolute Gasteiger partial charge is 0.382 e. The van der Waals surface area contributed by atoms with E-state index in [2.05, 4.69) is 55.2 Å². The average Bonchev–Trinajstić information content (AvgIpc) is 2.80. The van der Waals surface area contributed by atoms with Gasteiger partial charge < -0.3 is 5.73 Å². The van der Waals surface area contributed by atoms with Crippen LogP contribution in [0.1, 0.15) is 56.7 Å². The Bertz CT molecular complexity index is 640. The smallest absolute Gasteiger partial charge is 0.153 e. The van der Waals surface area contributed by atoms with Crippen molar-refractivity contribution in [1.82, 2.24) is 10.2 Å². The molecule has 1 fully saturated rings. The zero-order chi connectivity index (χ0) is 15.0. The maximum absolute atomic E-state index is 6.18. The fourth-order valence-corrected chi connectivity index (χ4v) is 3.76. The predicted octanol–water partition coefficient (Wildman–Crippen LogP) is 4.65. The van der Waals surface area contributed by atoms with E-state index in [9.17, 15) is 0 Å². The Morgan fingerprint density at radius 3 is 2.81 bits per heavy atom. The number of nitrogens with two attached hydrogens (primary N) is 1. The molecule has 1 heterocycles. The van der Waals surface area contributed by atoms with Gasteiger partial charge in [0.25, 0.3) is 0 Å². The third-order valence-electron chi connectivity index (χ3n) is 4.98. The van der Waals surface area contributed by atoms with Crippen LogP contribution in [0.4, 0.5) is 5.82 Å². The molecule has 0 radical (unpaired) electrons. The highest BCUT2D eigenvalue weighted by Gasteiger charge is 2.36. The normalized spacial score (nSPS) is 21.4. The van der Waals surface area contributed by atoms with E-state index < -0.39 is 0 Å². The average molecular weight is 283 g/mol. The van der Waals surface area contributed by atoms with E-state index in [-0.39, 0.29) is 0 Å². The second-order valence-corrected chi connectivity index (χ2v) is 7.05. The lowest BCUT2D eigenvalue weighted by Gasteiger charge is -2.38. The Balaban J connectivity index is 2.09. The molecule has 0 amide bonds. The van der Waals surface area contributed by atoms with Crippen molar-refractivity contribution in [3.8, 4) is 11.1 Å². The van der Waals surface area contributed by atoms with Crippen molar-refractivity contribution < 1.29 is 0 Å². The molecule has 1 aliphatic rings. The van der Waals surface area contributed by atoms with Crippen LogP contribution in [-0.4, -0.2) is 10.2 Å². The second kappa shape index (κ2) is 5.21. The van der Waals surface area contributed by atoms with Gasteiger partial charge in [-0.1, -0.05) is 56.5 Å². The van der Waals surface area contributed by atoms with E-state index >= 15 is 0 Å². The number of rotatable bonds is 2. The summed E-state index contributed by atoms with van der Waals surface area (Å²) in [5.41, 5.74) is 11.2. The predicted molar refractivity (Wildman–Crippen MR) is 88.2 cm³/mol. The maximum Gasteiger partial charge on any atom is 0.153 e. The number of hydrogen-bond acceptors (Lipinski definition) is 2. The summed E-state index contributed by atoms with van der Waals surface area (Å²) in [6.45, 7) is 6.85. The van der Waals surface area contributed by atoms with E-state index in [0.717, 1.165) is 5.56 Å². The van der Waals surface area contributed by atoms with Gasteiger partial charge >= 0.3 is 0 Å². The van der Waals surface area contributed by atoms with Gasteiger partial charge in [-0.3, -0.25) is 5.10 Å². The molecule has 1 atom stereocenters. The van der Waals surface area contributed by atoms with Crippen LogP contribution in [0.15, 0.2) is 24.3 Å². The summed E-state index contributed by atoms with van der Waals surface area (Å²) in [4.78, 5) is 0. The number of aromatic amines is 1. The number of nitrogens with one attached hydrogen (secondary N) is 1. The molecule has 0 spiro atoms.